The Morgan fingerprint density at radius 3 is 2.40 bits per heavy atom. The van der Waals surface area contributed by atoms with E-state index in [1.54, 1.807) is 19.2 Å². The number of likely N-dealkylation sites (N-methyl/N-ethyl adjacent to an activating group) is 1. The molecule has 1 unspecified atom stereocenters. The lowest BCUT2D eigenvalue weighted by Crippen LogP contribution is -2.45. The zero-order valence-electron chi connectivity index (χ0n) is 14.4. The van der Waals surface area contributed by atoms with Crippen molar-refractivity contribution in [1.82, 2.24) is 9.80 Å². The maximum atomic E-state index is 12.4. The number of carbonyl (C=O) groups excluding carboxylic acids is 2. The van der Waals surface area contributed by atoms with Gasteiger partial charge in [-0.1, -0.05) is 23.7 Å². The topological polar surface area (TPSA) is 74.8 Å². The average molecular weight is 387 g/mol. The maximum Gasteiger partial charge on any atom is 0.242 e. The van der Waals surface area contributed by atoms with Crippen LogP contribution in [0.2, 0.25) is 5.02 Å². The normalized spacial score (nSPS) is 18.8. The summed E-state index contributed by atoms with van der Waals surface area (Å²) < 4.78 is 23.1. The van der Waals surface area contributed by atoms with Crippen LogP contribution in [0.25, 0.3) is 0 Å². The highest BCUT2D eigenvalue weighted by molar-refractivity contribution is 7.91. The van der Waals surface area contributed by atoms with Gasteiger partial charge >= 0.3 is 0 Å². The molecule has 25 heavy (non-hydrogen) atoms. The molecule has 0 radical (unpaired) electrons. The molecule has 1 saturated heterocycles. The van der Waals surface area contributed by atoms with E-state index in [-0.39, 0.29) is 35.9 Å². The van der Waals surface area contributed by atoms with E-state index >= 15 is 0 Å². The Bertz CT molecular complexity index is 734. The van der Waals surface area contributed by atoms with E-state index in [4.69, 9.17) is 11.6 Å². The number of halogens is 1. The molecule has 0 N–H and O–H groups in total. The molecule has 1 aromatic carbocycles. The van der Waals surface area contributed by atoms with E-state index in [1.807, 2.05) is 12.1 Å². The number of rotatable bonds is 6. The van der Waals surface area contributed by atoms with Gasteiger partial charge in [-0.25, -0.2) is 8.42 Å². The first kappa shape index (κ1) is 19.7. The Morgan fingerprint density at radius 1 is 1.24 bits per heavy atom. The number of benzene rings is 1. The third-order valence-corrected chi connectivity index (χ3v) is 6.51. The van der Waals surface area contributed by atoms with Gasteiger partial charge in [-0.3, -0.25) is 9.59 Å². The molecule has 2 rings (SSSR count). The molecule has 8 heteroatoms. The summed E-state index contributed by atoms with van der Waals surface area (Å²) in [5.41, 5.74) is 1.03. The summed E-state index contributed by atoms with van der Waals surface area (Å²) in [6.07, 6.45) is 1.07. The highest BCUT2D eigenvalue weighted by atomic mass is 35.5. The van der Waals surface area contributed by atoms with E-state index in [0.717, 1.165) is 5.56 Å². The first-order chi connectivity index (χ1) is 11.7. The van der Waals surface area contributed by atoms with Crippen molar-refractivity contribution in [3.63, 3.8) is 0 Å². The Labute approximate surface area is 153 Å². The van der Waals surface area contributed by atoms with Crippen molar-refractivity contribution in [3.05, 3.63) is 34.9 Å². The molecule has 0 bridgehead atoms. The predicted molar refractivity (Wildman–Crippen MR) is 97.2 cm³/mol. The molecule has 6 nitrogen and oxygen atoms in total. The highest BCUT2D eigenvalue weighted by Crippen LogP contribution is 2.17. The minimum atomic E-state index is -3.05. The van der Waals surface area contributed by atoms with Crippen molar-refractivity contribution in [2.45, 2.75) is 25.8 Å². The van der Waals surface area contributed by atoms with Gasteiger partial charge < -0.3 is 9.80 Å². The second kappa shape index (κ2) is 8.19. The van der Waals surface area contributed by atoms with Gasteiger partial charge in [0.25, 0.3) is 0 Å². The molecule has 1 heterocycles. The summed E-state index contributed by atoms with van der Waals surface area (Å²) in [5.74, 6) is -0.314. The van der Waals surface area contributed by atoms with Crippen LogP contribution < -0.4 is 0 Å². The first-order valence-corrected chi connectivity index (χ1v) is 10.3. The van der Waals surface area contributed by atoms with Gasteiger partial charge in [0, 0.05) is 31.6 Å². The van der Waals surface area contributed by atoms with Crippen molar-refractivity contribution >= 4 is 33.3 Å². The fraction of sp³-hybridized carbons (Fsp3) is 0.529. The molecule has 0 aliphatic carbocycles. The van der Waals surface area contributed by atoms with E-state index in [1.165, 1.54) is 16.7 Å². The number of amides is 2. The summed E-state index contributed by atoms with van der Waals surface area (Å²) in [4.78, 5) is 27.2. The number of carbonyl (C=O) groups is 2. The Balaban J connectivity index is 1.92. The molecule has 1 aliphatic rings. The number of hydrogen-bond acceptors (Lipinski definition) is 4. The fourth-order valence-corrected chi connectivity index (χ4v) is 4.72. The molecule has 138 valence electrons. The summed E-state index contributed by atoms with van der Waals surface area (Å²) in [5, 5.41) is 0.649. The lowest BCUT2D eigenvalue weighted by Gasteiger charge is -2.27. The standard InChI is InChI=1S/C17H23ClN2O4S/c1-13(21)20(9-7-14-3-5-15(18)6-4-14)11-17(22)19(2)16-8-10-25(23,24)12-16/h3-6,16H,7-12H2,1-2H3. The Hall–Kier alpha value is -1.60. The Morgan fingerprint density at radius 2 is 1.88 bits per heavy atom. The predicted octanol–water partition coefficient (Wildman–Crippen LogP) is 1.38. The zero-order valence-corrected chi connectivity index (χ0v) is 16.0. The summed E-state index contributed by atoms with van der Waals surface area (Å²) in [6, 6.07) is 7.04. The van der Waals surface area contributed by atoms with Gasteiger partial charge in [-0.05, 0) is 30.5 Å². The van der Waals surface area contributed by atoms with Crippen molar-refractivity contribution in [1.29, 1.82) is 0 Å². The number of sulfone groups is 1. The van der Waals surface area contributed by atoms with Crippen LogP contribution in [0.1, 0.15) is 18.9 Å². The van der Waals surface area contributed by atoms with Crippen LogP contribution in [-0.2, 0) is 25.8 Å². The molecular formula is C17H23ClN2O4S. The van der Waals surface area contributed by atoms with Crippen LogP contribution in [-0.4, -0.2) is 67.7 Å². The van der Waals surface area contributed by atoms with Gasteiger partial charge in [-0.15, -0.1) is 0 Å². The number of hydrogen-bond donors (Lipinski definition) is 0. The fourth-order valence-electron chi connectivity index (χ4n) is 2.82. The third kappa shape index (κ3) is 5.71. The quantitative estimate of drug-likeness (QED) is 0.740. The monoisotopic (exact) mass is 386 g/mol. The SMILES string of the molecule is CC(=O)N(CCc1ccc(Cl)cc1)CC(=O)N(C)C1CCS(=O)(=O)C1. The van der Waals surface area contributed by atoms with Gasteiger partial charge in [0.2, 0.25) is 11.8 Å². The smallest absolute Gasteiger partial charge is 0.242 e. The van der Waals surface area contributed by atoms with Crippen LogP contribution in [0, 0.1) is 0 Å². The summed E-state index contributed by atoms with van der Waals surface area (Å²) in [6.45, 7) is 1.80. The second-order valence-electron chi connectivity index (χ2n) is 6.38. The van der Waals surface area contributed by atoms with Crippen molar-refractivity contribution in [2.75, 3.05) is 31.6 Å². The summed E-state index contributed by atoms with van der Waals surface area (Å²) in [7, 11) is -1.45. The Kier molecular flexibility index (Phi) is 6.46. The summed E-state index contributed by atoms with van der Waals surface area (Å²) >= 11 is 5.85. The molecule has 1 aromatic rings. The van der Waals surface area contributed by atoms with Crippen LogP contribution in [0.5, 0.6) is 0 Å². The van der Waals surface area contributed by atoms with Crippen molar-refractivity contribution < 1.29 is 18.0 Å². The van der Waals surface area contributed by atoms with Crippen molar-refractivity contribution in [3.8, 4) is 0 Å². The van der Waals surface area contributed by atoms with Gasteiger partial charge in [0.1, 0.15) is 0 Å². The molecule has 2 amide bonds. The second-order valence-corrected chi connectivity index (χ2v) is 9.04. The molecule has 1 aliphatic heterocycles. The van der Waals surface area contributed by atoms with Crippen LogP contribution in [0.15, 0.2) is 24.3 Å². The van der Waals surface area contributed by atoms with Crippen LogP contribution in [0.3, 0.4) is 0 Å². The highest BCUT2D eigenvalue weighted by Gasteiger charge is 2.33. The third-order valence-electron chi connectivity index (χ3n) is 4.50. The van der Waals surface area contributed by atoms with Crippen LogP contribution in [0.4, 0.5) is 0 Å². The largest absolute Gasteiger partial charge is 0.340 e. The van der Waals surface area contributed by atoms with E-state index < -0.39 is 9.84 Å². The van der Waals surface area contributed by atoms with Gasteiger partial charge in [0.05, 0.1) is 18.1 Å². The van der Waals surface area contributed by atoms with Crippen molar-refractivity contribution in [2.24, 2.45) is 0 Å². The van der Waals surface area contributed by atoms with E-state index in [2.05, 4.69) is 0 Å². The molecule has 1 fully saturated rings. The molecule has 1 atom stereocenters. The molecule has 0 spiro atoms. The molecule has 0 saturated carbocycles. The lowest BCUT2D eigenvalue weighted by molar-refractivity contribution is -0.139. The maximum absolute atomic E-state index is 12.4. The van der Waals surface area contributed by atoms with E-state index in [0.29, 0.717) is 24.4 Å². The van der Waals surface area contributed by atoms with Gasteiger partial charge in [-0.2, -0.15) is 0 Å². The minimum Gasteiger partial charge on any atom is -0.340 e. The van der Waals surface area contributed by atoms with E-state index in [9.17, 15) is 18.0 Å². The van der Waals surface area contributed by atoms with Crippen LogP contribution >= 0.6 is 11.6 Å². The first-order valence-electron chi connectivity index (χ1n) is 8.14. The molecular weight excluding hydrogens is 364 g/mol. The zero-order chi connectivity index (χ0) is 18.6. The minimum absolute atomic E-state index is 0.0000855. The molecule has 0 aromatic heterocycles. The lowest BCUT2D eigenvalue weighted by atomic mass is 10.1. The van der Waals surface area contributed by atoms with Gasteiger partial charge in [0.15, 0.2) is 9.84 Å². The number of nitrogens with zero attached hydrogens (tertiary/aromatic N) is 2. The average Bonchev–Trinajstić information content (AvgIpc) is 2.91.